The monoisotopic (exact) mass is 431 g/mol. The van der Waals surface area contributed by atoms with Crippen molar-refractivity contribution in [3.05, 3.63) is 29.8 Å². The van der Waals surface area contributed by atoms with Gasteiger partial charge in [0.1, 0.15) is 0 Å². The molecule has 1 N–H and O–H groups in total. The molecule has 31 heavy (non-hydrogen) atoms. The van der Waals surface area contributed by atoms with Crippen LogP contribution in [0.1, 0.15) is 25.8 Å². The number of anilines is 1. The maximum absolute atomic E-state index is 12.9. The van der Waals surface area contributed by atoms with Crippen molar-refractivity contribution >= 4 is 23.4 Å². The lowest BCUT2D eigenvalue weighted by Crippen LogP contribution is -2.49. The van der Waals surface area contributed by atoms with Gasteiger partial charge >= 0.3 is 0 Å². The van der Waals surface area contributed by atoms with Gasteiger partial charge in [-0.25, -0.2) is 0 Å². The molecule has 0 spiro atoms. The summed E-state index contributed by atoms with van der Waals surface area (Å²) in [6.45, 7) is 7.45. The lowest BCUT2D eigenvalue weighted by Gasteiger charge is -2.30. The lowest BCUT2D eigenvalue weighted by molar-refractivity contribution is -0.137. The quantitative estimate of drug-likeness (QED) is 0.668. The zero-order valence-corrected chi connectivity index (χ0v) is 19.6. The third-order valence-electron chi connectivity index (χ3n) is 5.82. The Morgan fingerprint density at radius 1 is 1.06 bits per heavy atom. The molecule has 0 aliphatic carbocycles. The number of nitrogens with one attached hydrogen (secondary N) is 1. The van der Waals surface area contributed by atoms with Crippen LogP contribution in [0.4, 0.5) is 5.69 Å². The number of hydrogen-bond acceptors (Lipinski definition) is 5. The summed E-state index contributed by atoms with van der Waals surface area (Å²) in [6, 6.07) is 7.39. The summed E-state index contributed by atoms with van der Waals surface area (Å²) in [7, 11) is 5.20. The molecule has 1 unspecified atom stereocenters. The van der Waals surface area contributed by atoms with E-state index in [4.69, 9.17) is 0 Å². The minimum Gasteiger partial charge on any atom is -0.348 e. The fraction of sp³-hybridized carbons (Fsp3) is 0.609. The van der Waals surface area contributed by atoms with Crippen LogP contribution in [0.5, 0.6) is 0 Å². The van der Waals surface area contributed by atoms with E-state index in [1.807, 2.05) is 38.1 Å². The smallest absolute Gasteiger partial charge is 0.243 e. The van der Waals surface area contributed by atoms with E-state index in [9.17, 15) is 14.4 Å². The van der Waals surface area contributed by atoms with Gasteiger partial charge in [0.2, 0.25) is 17.7 Å². The number of aryl methyl sites for hydroxylation is 1. The Bertz CT molecular complexity index is 767. The van der Waals surface area contributed by atoms with Crippen LogP contribution in [-0.2, 0) is 20.8 Å². The second-order valence-corrected chi connectivity index (χ2v) is 8.38. The van der Waals surface area contributed by atoms with Crippen LogP contribution in [0.2, 0.25) is 0 Å². The molecule has 1 heterocycles. The number of nitrogens with zero attached hydrogens (tertiary/aromatic N) is 4. The zero-order chi connectivity index (χ0) is 23.0. The van der Waals surface area contributed by atoms with Gasteiger partial charge in [0.05, 0.1) is 19.1 Å². The summed E-state index contributed by atoms with van der Waals surface area (Å²) in [6.07, 6.45) is 1.73. The van der Waals surface area contributed by atoms with Crippen molar-refractivity contribution < 1.29 is 14.4 Å². The van der Waals surface area contributed by atoms with Gasteiger partial charge in [-0.15, -0.1) is 0 Å². The molecule has 2 rings (SSSR count). The van der Waals surface area contributed by atoms with Crippen molar-refractivity contribution in [1.29, 1.82) is 0 Å². The largest absolute Gasteiger partial charge is 0.348 e. The molecule has 1 fully saturated rings. The van der Waals surface area contributed by atoms with Crippen LogP contribution in [0, 0.1) is 0 Å². The first-order chi connectivity index (χ1) is 14.7. The first-order valence-electron chi connectivity index (χ1n) is 11.0. The molecule has 1 aromatic rings. The number of amides is 3. The van der Waals surface area contributed by atoms with Crippen LogP contribution in [0.15, 0.2) is 24.3 Å². The highest BCUT2D eigenvalue weighted by Crippen LogP contribution is 2.15. The minimum atomic E-state index is -0.315. The third-order valence-corrected chi connectivity index (χ3v) is 5.82. The second-order valence-electron chi connectivity index (χ2n) is 8.38. The SMILES string of the molecule is CCc1ccccc1NC(=O)CN(C)C(=O)C(C)N1CCCN(CC(=O)N(C)C)CC1. The minimum absolute atomic E-state index is 0.0124. The summed E-state index contributed by atoms with van der Waals surface area (Å²) in [4.78, 5) is 44.8. The Labute approximate surface area is 186 Å². The Kier molecular flexibility index (Phi) is 9.45. The predicted octanol–water partition coefficient (Wildman–Crippen LogP) is 1.13. The maximum atomic E-state index is 12.9. The van der Waals surface area contributed by atoms with Gasteiger partial charge in [0, 0.05) is 46.5 Å². The van der Waals surface area contributed by atoms with Crippen LogP contribution < -0.4 is 5.32 Å². The lowest BCUT2D eigenvalue weighted by atomic mass is 10.1. The fourth-order valence-corrected chi connectivity index (χ4v) is 3.78. The number of likely N-dealkylation sites (N-methyl/N-ethyl adjacent to an activating group) is 2. The molecule has 1 atom stereocenters. The molecule has 3 amide bonds. The van der Waals surface area contributed by atoms with Gasteiger partial charge in [-0.2, -0.15) is 0 Å². The summed E-state index contributed by atoms with van der Waals surface area (Å²) in [5.41, 5.74) is 1.86. The van der Waals surface area contributed by atoms with Crippen molar-refractivity contribution in [2.24, 2.45) is 0 Å². The molecule has 0 saturated carbocycles. The highest BCUT2D eigenvalue weighted by molar-refractivity contribution is 5.95. The molecule has 1 aliphatic rings. The van der Waals surface area contributed by atoms with E-state index in [1.165, 1.54) is 4.90 Å². The third kappa shape index (κ3) is 7.33. The summed E-state index contributed by atoms with van der Waals surface area (Å²) < 4.78 is 0. The van der Waals surface area contributed by atoms with Gasteiger partial charge in [-0.1, -0.05) is 25.1 Å². The Morgan fingerprint density at radius 2 is 1.77 bits per heavy atom. The van der Waals surface area contributed by atoms with E-state index in [0.717, 1.165) is 50.3 Å². The summed E-state index contributed by atoms with van der Waals surface area (Å²) in [5.74, 6) is -0.182. The average Bonchev–Trinajstić information content (AvgIpc) is 2.98. The molecular formula is C23H37N5O3. The Morgan fingerprint density at radius 3 is 2.45 bits per heavy atom. The molecule has 1 aliphatic heterocycles. The van der Waals surface area contributed by atoms with Crippen molar-refractivity contribution in [3.8, 4) is 0 Å². The van der Waals surface area contributed by atoms with E-state index >= 15 is 0 Å². The second kappa shape index (κ2) is 11.8. The van der Waals surface area contributed by atoms with Crippen LogP contribution in [-0.4, -0.2) is 104 Å². The van der Waals surface area contributed by atoms with E-state index in [2.05, 4.69) is 15.1 Å². The first kappa shape index (κ1) is 24.8. The summed E-state index contributed by atoms with van der Waals surface area (Å²) >= 11 is 0. The van der Waals surface area contributed by atoms with Gasteiger partial charge in [0.25, 0.3) is 0 Å². The van der Waals surface area contributed by atoms with E-state index in [0.29, 0.717) is 6.54 Å². The standard InChI is InChI=1S/C23H37N5O3/c1-6-19-10-7-8-11-20(19)24-21(29)16-26(5)23(31)18(2)28-13-9-12-27(14-15-28)17-22(30)25(3)4/h7-8,10-11,18H,6,9,12-17H2,1-5H3,(H,24,29). The van der Waals surface area contributed by atoms with Gasteiger partial charge < -0.3 is 15.1 Å². The van der Waals surface area contributed by atoms with Gasteiger partial charge in [-0.05, 0) is 37.9 Å². The maximum Gasteiger partial charge on any atom is 0.243 e. The number of rotatable bonds is 8. The molecule has 0 radical (unpaired) electrons. The molecule has 8 heteroatoms. The Balaban J connectivity index is 1.87. The fourth-order valence-electron chi connectivity index (χ4n) is 3.78. The number of carbonyl (C=O) groups is 3. The molecule has 172 valence electrons. The highest BCUT2D eigenvalue weighted by Gasteiger charge is 2.27. The van der Waals surface area contributed by atoms with Crippen LogP contribution in [0.3, 0.4) is 0 Å². The highest BCUT2D eigenvalue weighted by atomic mass is 16.2. The topological polar surface area (TPSA) is 76.2 Å². The average molecular weight is 432 g/mol. The van der Waals surface area contributed by atoms with Crippen LogP contribution in [0.25, 0.3) is 0 Å². The molecule has 1 saturated heterocycles. The Hall–Kier alpha value is -2.45. The van der Waals surface area contributed by atoms with Crippen molar-refractivity contribution in [3.63, 3.8) is 0 Å². The number of hydrogen-bond donors (Lipinski definition) is 1. The number of para-hydroxylation sites is 1. The molecule has 8 nitrogen and oxygen atoms in total. The van der Waals surface area contributed by atoms with E-state index < -0.39 is 0 Å². The van der Waals surface area contributed by atoms with Crippen molar-refractivity contribution in [2.45, 2.75) is 32.7 Å². The van der Waals surface area contributed by atoms with E-state index in [1.54, 1.807) is 26.0 Å². The number of carbonyl (C=O) groups excluding carboxylic acids is 3. The van der Waals surface area contributed by atoms with Crippen molar-refractivity contribution in [1.82, 2.24) is 19.6 Å². The first-order valence-corrected chi connectivity index (χ1v) is 11.0. The van der Waals surface area contributed by atoms with Gasteiger partial charge in [-0.3, -0.25) is 24.2 Å². The van der Waals surface area contributed by atoms with Crippen molar-refractivity contribution in [2.75, 3.05) is 65.7 Å². The zero-order valence-electron chi connectivity index (χ0n) is 19.6. The molecule has 0 aromatic heterocycles. The normalized spacial score (nSPS) is 16.3. The predicted molar refractivity (Wildman–Crippen MR) is 123 cm³/mol. The molecule has 0 bridgehead atoms. The number of benzene rings is 1. The van der Waals surface area contributed by atoms with Gasteiger partial charge in [0.15, 0.2) is 0 Å². The molecule has 1 aromatic carbocycles. The summed E-state index contributed by atoms with van der Waals surface area (Å²) in [5, 5.41) is 2.92. The van der Waals surface area contributed by atoms with E-state index in [-0.39, 0.29) is 30.3 Å². The van der Waals surface area contributed by atoms with Crippen LogP contribution >= 0.6 is 0 Å². The molecular weight excluding hydrogens is 394 g/mol.